The van der Waals surface area contributed by atoms with E-state index in [1.807, 2.05) is 24.3 Å². The van der Waals surface area contributed by atoms with Crippen LogP contribution < -0.4 is 4.74 Å². The van der Waals surface area contributed by atoms with Gasteiger partial charge in [-0.1, -0.05) is 24.8 Å². The number of methoxy groups -OCH3 is 2. The number of aromatic amines is 1. The number of carbonyl (C=O) groups excluding carboxylic acids is 2. The van der Waals surface area contributed by atoms with Gasteiger partial charge in [-0.15, -0.1) is 0 Å². The second kappa shape index (κ2) is 6.88. The first-order chi connectivity index (χ1) is 13.5. The van der Waals surface area contributed by atoms with E-state index in [-0.39, 0.29) is 5.91 Å². The summed E-state index contributed by atoms with van der Waals surface area (Å²) in [6.45, 7) is 4.12. The molecular weight excluding hydrogens is 356 g/mol. The van der Waals surface area contributed by atoms with Gasteiger partial charge >= 0.3 is 5.97 Å². The van der Waals surface area contributed by atoms with E-state index in [4.69, 9.17) is 9.47 Å². The maximum Gasteiger partial charge on any atom is 0.329 e. The van der Waals surface area contributed by atoms with Gasteiger partial charge in [0, 0.05) is 22.9 Å². The monoisotopic (exact) mass is 376 g/mol. The van der Waals surface area contributed by atoms with E-state index in [1.54, 1.807) is 31.4 Å². The third-order valence-electron chi connectivity index (χ3n) is 5.13. The SMILES string of the molecule is C=C1c2[nH]c3ccccc3c2C[C@@H](C(=O)OC)N1C(=O)c1ccc(OC)cc1. The average Bonchev–Trinajstić information content (AvgIpc) is 3.12. The minimum atomic E-state index is -0.779. The van der Waals surface area contributed by atoms with E-state index >= 15 is 0 Å². The third kappa shape index (κ3) is 2.74. The molecule has 1 aliphatic rings. The van der Waals surface area contributed by atoms with Crippen molar-refractivity contribution in [1.82, 2.24) is 9.88 Å². The van der Waals surface area contributed by atoms with Crippen molar-refractivity contribution in [3.8, 4) is 5.75 Å². The van der Waals surface area contributed by atoms with Crippen LogP contribution in [0.4, 0.5) is 0 Å². The maximum atomic E-state index is 13.3. The molecule has 0 unspecified atom stereocenters. The summed E-state index contributed by atoms with van der Waals surface area (Å²) in [5, 5.41) is 1.02. The van der Waals surface area contributed by atoms with Gasteiger partial charge in [-0.05, 0) is 35.9 Å². The molecule has 28 heavy (non-hydrogen) atoms. The van der Waals surface area contributed by atoms with Crippen LogP contribution in [-0.2, 0) is 16.0 Å². The first-order valence-corrected chi connectivity index (χ1v) is 8.89. The van der Waals surface area contributed by atoms with Crippen molar-refractivity contribution < 1.29 is 19.1 Å². The molecule has 2 heterocycles. The first-order valence-electron chi connectivity index (χ1n) is 8.89. The van der Waals surface area contributed by atoms with Gasteiger partial charge in [-0.25, -0.2) is 4.79 Å². The zero-order valence-corrected chi connectivity index (χ0v) is 15.7. The molecule has 6 heteroatoms. The number of fused-ring (bicyclic) bond motifs is 3. The van der Waals surface area contributed by atoms with Crippen molar-refractivity contribution in [2.75, 3.05) is 14.2 Å². The highest BCUT2D eigenvalue weighted by Crippen LogP contribution is 2.37. The molecule has 1 aromatic heterocycles. The highest BCUT2D eigenvalue weighted by molar-refractivity contribution is 6.04. The van der Waals surface area contributed by atoms with Crippen molar-refractivity contribution in [2.45, 2.75) is 12.5 Å². The number of carbonyl (C=O) groups is 2. The normalized spacial score (nSPS) is 16.0. The molecule has 0 saturated carbocycles. The Kier molecular flexibility index (Phi) is 4.39. The van der Waals surface area contributed by atoms with Gasteiger partial charge < -0.3 is 14.5 Å². The van der Waals surface area contributed by atoms with E-state index in [0.29, 0.717) is 23.4 Å². The largest absolute Gasteiger partial charge is 0.497 e. The Bertz CT molecular complexity index is 1080. The molecule has 3 aromatic rings. The number of hydrogen-bond donors (Lipinski definition) is 1. The number of esters is 1. The molecule has 142 valence electrons. The van der Waals surface area contributed by atoms with Crippen LogP contribution in [0.1, 0.15) is 21.6 Å². The molecule has 1 atom stereocenters. The van der Waals surface area contributed by atoms with Gasteiger partial charge in [-0.2, -0.15) is 0 Å². The number of aromatic nitrogens is 1. The minimum absolute atomic E-state index is 0.313. The molecule has 6 nitrogen and oxygen atoms in total. The van der Waals surface area contributed by atoms with Crippen molar-refractivity contribution in [3.63, 3.8) is 0 Å². The number of rotatable bonds is 3. The van der Waals surface area contributed by atoms with Gasteiger partial charge in [0.25, 0.3) is 5.91 Å². The lowest BCUT2D eigenvalue weighted by Gasteiger charge is -2.35. The second-order valence-electron chi connectivity index (χ2n) is 6.62. The van der Waals surface area contributed by atoms with E-state index < -0.39 is 12.0 Å². The number of nitrogens with zero attached hydrogens (tertiary/aromatic N) is 1. The summed E-state index contributed by atoms with van der Waals surface area (Å²) in [4.78, 5) is 30.6. The van der Waals surface area contributed by atoms with Gasteiger partial charge in [-0.3, -0.25) is 9.69 Å². The Morgan fingerprint density at radius 1 is 1.11 bits per heavy atom. The minimum Gasteiger partial charge on any atom is -0.497 e. The molecule has 0 saturated heterocycles. The molecule has 4 rings (SSSR count). The molecule has 0 aliphatic carbocycles. The maximum absolute atomic E-state index is 13.3. The second-order valence-corrected chi connectivity index (χ2v) is 6.62. The summed E-state index contributed by atoms with van der Waals surface area (Å²) in [6, 6.07) is 13.8. The molecular formula is C22H20N2O4. The van der Waals surface area contributed by atoms with Crippen molar-refractivity contribution >= 4 is 28.5 Å². The quantitative estimate of drug-likeness (QED) is 0.712. The van der Waals surface area contributed by atoms with E-state index in [9.17, 15) is 9.59 Å². The highest BCUT2D eigenvalue weighted by Gasteiger charge is 2.40. The molecule has 0 fully saturated rings. The fraction of sp³-hybridized carbons (Fsp3) is 0.182. The van der Waals surface area contributed by atoms with Gasteiger partial charge in [0.05, 0.1) is 25.6 Å². The summed E-state index contributed by atoms with van der Waals surface area (Å²) in [6.07, 6.45) is 0.354. The molecule has 2 aromatic carbocycles. The molecule has 0 radical (unpaired) electrons. The van der Waals surface area contributed by atoms with Crippen LogP contribution in [0.25, 0.3) is 16.6 Å². The molecule has 1 aliphatic heterocycles. The van der Waals surface area contributed by atoms with Gasteiger partial charge in [0.2, 0.25) is 0 Å². The van der Waals surface area contributed by atoms with E-state index in [0.717, 1.165) is 22.2 Å². The summed E-state index contributed by atoms with van der Waals surface area (Å²) in [7, 11) is 2.89. The third-order valence-corrected chi connectivity index (χ3v) is 5.13. The number of H-pyrrole nitrogens is 1. The molecule has 1 N–H and O–H groups in total. The van der Waals surface area contributed by atoms with Crippen LogP contribution in [0.15, 0.2) is 55.1 Å². The number of para-hydroxylation sites is 1. The van der Waals surface area contributed by atoms with E-state index in [1.165, 1.54) is 12.0 Å². The number of nitrogens with one attached hydrogen (secondary N) is 1. The Morgan fingerprint density at radius 2 is 1.82 bits per heavy atom. The zero-order valence-electron chi connectivity index (χ0n) is 15.7. The summed E-state index contributed by atoms with van der Waals surface area (Å²) < 4.78 is 10.1. The van der Waals surface area contributed by atoms with Crippen LogP contribution in [0.3, 0.4) is 0 Å². The fourth-order valence-corrected chi connectivity index (χ4v) is 3.71. The van der Waals surface area contributed by atoms with Crippen LogP contribution >= 0.6 is 0 Å². The lowest BCUT2D eigenvalue weighted by molar-refractivity contribution is -0.145. The first kappa shape index (κ1) is 17.9. The van der Waals surface area contributed by atoms with Crippen LogP contribution in [0.2, 0.25) is 0 Å². The lowest BCUT2D eigenvalue weighted by Crippen LogP contribution is -2.48. The number of benzene rings is 2. The Labute approximate surface area is 162 Å². The Hall–Kier alpha value is -3.54. The topological polar surface area (TPSA) is 71.6 Å². The van der Waals surface area contributed by atoms with Crippen molar-refractivity contribution in [1.29, 1.82) is 0 Å². The molecule has 0 spiro atoms. The van der Waals surface area contributed by atoms with Crippen LogP contribution in [0.5, 0.6) is 5.75 Å². The van der Waals surface area contributed by atoms with Crippen LogP contribution in [-0.4, -0.2) is 42.0 Å². The zero-order chi connectivity index (χ0) is 19.8. The predicted molar refractivity (Wildman–Crippen MR) is 106 cm³/mol. The van der Waals surface area contributed by atoms with E-state index in [2.05, 4.69) is 11.6 Å². The highest BCUT2D eigenvalue weighted by atomic mass is 16.5. The number of ether oxygens (including phenoxy) is 2. The smallest absolute Gasteiger partial charge is 0.329 e. The van der Waals surface area contributed by atoms with Crippen molar-refractivity contribution in [3.05, 3.63) is 71.9 Å². The Balaban J connectivity index is 1.80. The molecule has 1 amide bonds. The van der Waals surface area contributed by atoms with Gasteiger partial charge in [0.1, 0.15) is 11.8 Å². The van der Waals surface area contributed by atoms with Crippen molar-refractivity contribution in [2.24, 2.45) is 0 Å². The summed E-state index contributed by atoms with van der Waals surface area (Å²) >= 11 is 0. The average molecular weight is 376 g/mol. The predicted octanol–water partition coefficient (Wildman–Crippen LogP) is 3.39. The number of hydrogen-bond acceptors (Lipinski definition) is 4. The van der Waals surface area contributed by atoms with Crippen LogP contribution in [0, 0.1) is 0 Å². The Morgan fingerprint density at radius 3 is 2.50 bits per heavy atom. The van der Waals surface area contributed by atoms with Gasteiger partial charge in [0.15, 0.2) is 0 Å². The fourth-order valence-electron chi connectivity index (χ4n) is 3.71. The molecule has 0 bridgehead atoms. The summed E-state index contributed by atoms with van der Waals surface area (Å²) in [5.74, 6) is -0.136. The number of amides is 1. The standard InChI is InChI=1S/C22H20N2O4/c1-13-20-17(16-6-4-5-7-18(16)23-20)12-19(22(26)28-3)24(13)21(25)14-8-10-15(27-2)11-9-14/h4-11,19,23H,1,12H2,2-3H3/t19-/m0/s1. The summed E-state index contributed by atoms with van der Waals surface area (Å²) in [5.41, 5.74) is 3.57. The lowest BCUT2D eigenvalue weighted by atomic mass is 9.94.